The molecular weight excluding hydrogens is 539 g/mol. The molecule has 9 heteroatoms. The Morgan fingerprint density at radius 1 is 0.780 bits per heavy atom. The molecule has 41 heavy (non-hydrogen) atoms. The van der Waals surface area contributed by atoms with E-state index in [1.165, 1.54) is 44.9 Å². The van der Waals surface area contributed by atoms with Crippen LogP contribution in [-0.2, 0) is 18.4 Å². The van der Waals surface area contributed by atoms with Gasteiger partial charge in [0.15, 0.2) is 0 Å². The zero-order chi connectivity index (χ0) is 30.4. The molecular formula is C32H61N2O6P. The summed E-state index contributed by atoms with van der Waals surface area (Å²) in [6, 6.07) is -0.876. The van der Waals surface area contributed by atoms with Crippen LogP contribution in [0.25, 0.3) is 0 Å². The number of amides is 1. The summed E-state index contributed by atoms with van der Waals surface area (Å²) in [5.74, 6) is -0.220. The second-order valence-corrected chi connectivity index (χ2v) is 12.1. The second kappa shape index (κ2) is 28.8. The van der Waals surface area contributed by atoms with Gasteiger partial charge in [-0.05, 0) is 51.4 Å². The van der Waals surface area contributed by atoms with Gasteiger partial charge in [0.1, 0.15) is 0 Å². The van der Waals surface area contributed by atoms with Crippen molar-refractivity contribution < 1.29 is 28.4 Å². The second-order valence-electron chi connectivity index (χ2n) is 10.7. The molecule has 3 unspecified atom stereocenters. The predicted molar refractivity (Wildman–Crippen MR) is 171 cm³/mol. The van der Waals surface area contributed by atoms with Crippen LogP contribution in [0.3, 0.4) is 0 Å². The van der Waals surface area contributed by atoms with Gasteiger partial charge >= 0.3 is 7.82 Å². The minimum absolute atomic E-state index is 0.0718. The molecule has 0 aliphatic carbocycles. The molecule has 1 amide bonds. The summed E-state index contributed by atoms with van der Waals surface area (Å²) >= 11 is 0. The first-order chi connectivity index (χ1) is 19.9. The third kappa shape index (κ3) is 27.3. The molecule has 240 valence electrons. The lowest BCUT2D eigenvalue weighted by molar-refractivity contribution is -0.123. The Hall–Kier alpha value is -1.28. The Kier molecular flexibility index (Phi) is 27.9. The van der Waals surface area contributed by atoms with Gasteiger partial charge in [0.2, 0.25) is 5.91 Å². The standard InChI is InChI=1S/C32H61N2O6P/c1-3-5-7-9-11-13-15-17-19-21-23-25-31(35)30(29-40-41(37,38)39-28-27-33)34-32(36)26-24-22-20-18-16-14-12-10-8-6-4-2/h10,12,15,17,23,25,30-31,35H,3-9,11,13-14,16,18-22,24,26-29,33H2,1-2H3,(H,34,36)(H,37,38)/b12-10-,17-15+,25-23+. The van der Waals surface area contributed by atoms with Gasteiger partial charge in [0.25, 0.3) is 0 Å². The molecule has 0 radical (unpaired) electrons. The van der Waals surface area contributed by atoms with Gasteiger partial charge in [0, 0.05) is 13.0 Å². The number of carbonyl (C=O) groups is 1. The van der Waals surface area contributed by atoms with Gasteiger partial charge in [-0.1, -0.05) is 108 Å². The molecule has 5 N–H and O–H groups in total. The van der Waals surface area contributed by atoms with E-state index >= 15 is 0 Å². The first-order valence-electron chi connectivity index (χ1n) is 16.1. The minimum atomic E-state index is -4.33. The highest BCUT2D eigenvalue weighted by Crippen LogP contribution is 2.43. The van der Waals surface area contributed by atoms with Crippen molar-refractivity contribution in [3.63, 3.8) is 0 Å². The maximum atomic E-state index is 12.6. The third-order valence-corrected chi connectivity index (χ3v) is 7.67. The molecule has 3 atom stereocenters. The normalized spacial score (nSPS) is 15.1. The van der Waals surface area contributed by atoms with E-state index < -0.39 is 20.0 Å². The molecule has 0 saturated heterocycles. The summed E-state index contributed by atoms with van der Waals surface area (Å²) in [7, 11) is -4.33. The largest absolute Gasteiger partial charge is 0.472 e. The SMILES string of the molecule is CCCC/C=C\CCCCCCCC(=O)NC(COP(=O)(O)OCCN)C(O)/C=C/CC/C=C/CCCCCCC. The predicted octanol–water partition coefficient (Wildman–Crippen LogP) is 7.65. The number of nitrogens with one attached hydrogen (secondary N) is 1. The number of carbonyl (C=O) groups excluding carboxylic acids is 1. The van der Waals surface area contributed by atoms with E-state index in [4.69, 9.17) is 14.8 Å². The van der Waals surface area contributed by atoms with Crippen LogP contribution in [0.5, 0.6) is 0 Å². The maximum Gasteiger partial charge on any atom is 0.472 e. The fourth-order valence-electron chi connectivity index (χ4n) is 4.18. The first kappa shape index (κ1) is 39.7. The Balaban J connectivity index is 4.52. The van der Waals surface area contributed by atoms with Crippen LogP contribution in [-0.4, -0.2) is 47.8 Å². The Morgan fingerprint density at radius 2 is 1.32 bits per heavy atom. The van der Waals surface area contributed by atoms with Crippen molar-refractivity contribution in [1.29, 1.82) is 0 Å². The van der Waals surface area contributed by atoms with Crippen LogP contribution in [0.2, 0.25) is 0 Å². The number of nitrogens with two attached hydrogens (primary N) is 1. The molecule has 0 saturated carbocycles. The third-order valence-electron chi connectivity index (χ3n) is 6.69. The fourth-order valence-corrected chi connectivity index (χ4v) is 4.94. The number of aliphatic hydroxyl groups is 1. The van der Waals surface area contributed by atoms with E-state index in [1.807, 2.05) is 6.08 Å². The van der Waals surface area contributed by atoms with Gasteiger partial charge in [-0.3, -0.25) is 13.8 Å². The summed E-state index contributed by atoms with van der Waals surface area (Å²) in [5, 5.41) is 13.5. The number of allylic oxidation sites excluding steroid dienone is 5. The van der Waals surface area contributed by atoms with Crippen molar-refractivity contribution in [2.45, 2.75) is 142 Å². The Morgan fingerprint density at radius 3 is 1.95 bits per heavy atom. The molecule has 0 aromatic heterocycles. The van der Waals surface area contributed by atoms with Crippen LogP contribution in [0.4, 0.5) is 0 Å². The Bertz CT molecular complexity index is 744. The smallest absolute Gasteiger partial charge is 0.387 e. The van der Waals surface area contributed by atoms with E-state index in [1.54, 1.807) is 6.08 Å². The molecule has 0 bridgehead atoms. The van der Waals surface area contributed by atoms with E-state index in [2.05, 4.69) is 43.5 Å². The van der Waals surface area contributed by atoms with Crippen LogP contribution in [0, 0.1) is 0 Å². The lowest BCUT2D eigenvalue weighted by atomic mass is 10.1. The van der Waals surface area contributed by atoms with Crippen molar-refractivity contribution in [2.75, 3.05) is 19.8 Å². The number of unbranched alkanes of at least 4 members (excludes halogenated alkanes) is 13. The zero-order valence-electron chi connectivity index (χ0n) is 26.0. The van der Waals surface area contributed by atoms with Crippen molar-refractivity contribution in [3.05, 3.63) is 36.5 Å². The molecule has 0 aromatic rings. The van der Waals surface area contributed by atoms with Crippen molar-refractivity contribution in [3.8, 4) is 0 Å². The van der Waals surface area contributed by atoms with Gasteiger partial charge < -0.3 is 21.1 Å². The van der Waals surface area contributed by atoms with Crippen molar-refractivity contribution in [1.82, 2.24) is 5.32 Å². The van der Waals surface area contributed by atoms with E-state index in [0.717, 1.165) is 64.2 Å². The molecule has 0 aromatic carbocycles. The first-order valence-corrected chi connectivity index (χ1v) is 17.6. The summed E-state index contributed by atoms with van der Waals surface area (Å²) in [6.45, 7) is 4.00. The minimum Gasteiger partial charge on any atom is -0.387 e. The highest BCUT2D eigenvalue weighted by Gasteiger charge is 2.26. The zero-order valence-corrected chi connectivity index (χ0v) is 26.9. The number of hydrogen-bond acceptors (Lipinski definition) is 6. The summed E-state index contributed by atoms with van der Waals surface area (Å²) in [4.78, 5) is 22.4. The van der Waals surface area contributed by atoms with E-state index in [0.29, 0.717) is 6.42 Å². The van der Waals surface area contributed by atoms with Crippen LogP contribution in [0.1, 0.15) is 129 Å². The average molecular weight is 601 g/mol. The molecule has 8 nitrogen and oxygen atoms in total. The summed E-state index contributed by atoms with van der Waals surface area (Å²) < 4.78 is 21.9. The summed E-state index contributed by atoms with van der Waals surface area (Å²) in [6.07, 6.45) is 30.5. The van der Waals surface area contributed by atoms with Crippen molar-refractivity contribution in [2.24, 2.45) is 5.73 Å². The van der Waals surface area contributed by atoms with Crippen molar-refractivity contribution >= 4 is 13.7 Å². The molecule has 0 spiro atoms. The topological polar surface area (TPSA) is 131 Å². The van der Waals surface area contributed by atoms with E-state index in [9.17, 15) is 19.4 Å². The van der Waals surface area contributed by atoms with Crippen LogP contribution >= 0.6 is 7.82 Å². The lowest BCUT2D eigenvalue weighted by Gasteiger charge is -2.23. The number of phosphoric ester groups is 1. The van der Waals surface area contributed by atoms with Gasteiger partial charge in [-0.15, -0.1) is 0 Å². The highest BCUT2D eigenvalue weighted by atomic mass is 31.2. The van der Waals surface area contributed by atoms with E-state index in [-0.39, 0.29) is 25.7 Å². The monoisotopic (exact) mass is 600 g/mol. The number of rotatable bonds is 29. The van der Waals surface area contributed by atoms with Crippen LogP contribution < -0.4 is 11.1 Å². The average Bonchev–Trinajstić information content (AvgIpc) is 2.95. The molecule has 0 aliphatic rings. The lowest BCUT2D eigenvalue weighted by Crippen LogP contribution is -2.45. The van der Waals surface area contributed by atoms with Gasteiger partial charge in [-0.2, -0.15) is 0 Å². The van der Waals surface area contributed by atoms with Gasteiger partial charge in [-0.25, -0.2) is 4.57 Å². The molecule has 0 heterocycles. The van der Waals surface area contributed by atoms with Crippen LogP contribution in [0.15, 0.2) is 36.5 Å². The Labute approximate surface area is 250 Å². The fraction of sp³-hybridized carbons (Fsp3) is 0.781. The summed E-state index contributed by atoms with van der Waals surface area (Å²) in [5.41, 5.74) is 5.32. The molecule has 0 aliphatic heterocycles. The highest BCUT2D eigenvalue weighted by molar-refractivity contribution is 7.47. The number of hydrogen-bond donors (Lipinski definition) is 4. The number of aliphatic hydroxyl groups excluding tert-OH is 1. The molecule has 0 rings (SSSR count). The van der Waals surface area contributed by atoms with Gasteiger partial charge in [0.05, 0.1) is 25.4 Å². The quantitative estimate of drug-likeness (QED) is 0.0394. The number of phosphoric acid groups is 1. The molecule has 0 fully saturated rings. The maximum absolute atomic E-state index is 12.6.